The zero-order valence-corrected chi connectivity index (χ0v) is 16.7. The van der Waals surface area contributed by atoms with Gasteiger partial charge < -0.3 is 4.74 Å². The van der Waals surface area contributed by atoms with Crippen LogP contribution in [0.4, 0.5) is 0 Å². The fraction of sp³-hybridized carbons (Fsp3) is 0.412. The fourth-order valence-electron chi connectivity index (χ4n) is 2.77. The summed E-state index contributed by atoms with van der Waals surface area (Å²) in [6.07, 6.45) is 1.89. The van der Waals surface area contributed by atoms with Crippen molar-refractivity contribution in [3.8, 4) is 0 Å². The Morgan fingerprint density at radius 1 is 1.38 bits per heavy atom. The van der Waals surface area contributed by atoms with E-state index in [9.17, 15) is 8.42 Å². The molecular weight excluding hydrogens is 410 g/mol. The average Bonchev–Trinajstić information content (AvgIpc) is 3.23. The van der Waals surface area contributed by atoms with Crippen molar-refractivity contribution in [3.63, 3.8) is 0 Å². The largest absolute Gasteiger partial charge is 0.377 e. The van der Waals surface area contributed by atoms with Crippen molar-refractivity contribution in [1.29, 1.82) is 0 Å². The van der Waals surface area contributed by atoms with E-state index >= 15 is 0 Å². The summed E-state index contributed by atoms with van der Waals surface area (Å²) in [6, 6.07) is 9.08. The third-order valence-corrected chi connectivity index (χ3v) is 7.67. The highest BCUT2D eigenvalue weighted by Crippen LogP contribution is 2.26. The number of sulfonamides is 1. The Morgan fingerprint density at radius 3 is 2.83 bits per heavy atom. The molecule has 1 atom stereocenters. The molecule has 2 heterocycles. The van der Waals surface area contributed by atoms with Crippen LogP contribution in [0, 0.1) is 6.92 Å². The van der Waals surface area contributed by atoms with Gasteiger partial charge in [0, 0.05) is 29.0 Å². The van der Waals surface area contributed by atoms with Crippen LogP contribution in [0.15, 0.2) is 45.1 Å². The first kappa shape index (κ1) is 18.1. The van der Waals surface area contributed by atoms with Gasteiger partial charge in [-0.25, -0.2) is 8.42 Å². The van der Waals surface area contributed by atoms with Crippen LogP contribution in [-0.2, 0) is 21.3 Å². The second kappa shape index (κ2) is 7.66. The van der Waals surface area contributed by atoms with E-state index in [1.807, 2.05) is 24.4 Å². The van der Waals surface area contributed by atoms with Gasteiger partial charge in [0.15, 0.2) is 0 Å². The van der Waals surface area contributed by atoms with Gasteiger partial charge >= 0.3 is 0 Å². The zero-order chi connectivity index (χ0) is 17.2. The Bertz CT molecular complexity index is 784. The van der Waals surface area contributed by atoms with Crippen molar-refractivity contribution >= 4 is 37.3 Å². The normalized spacial score (nSPS) is 18.4. The maximum absolute atomic E-state index is 13.2. The first-order chi connectivity index (χ1) is 11.5. The quantitative estimate of drug-likeness (QED) is 0.691. The summed E-state index contributed by atoms with van der Waals surface area (Å²) in [7, 11) is -3.56. The van der Waals surface area contributed by atoms with E-state index in [1.54, 1.807) is 33.8 Å². The molecule has 0 radical (unpaired) electrons. The van der Waals surface area contributed by atoms with Gasteiger partial charge in [0.05, 0.1) is 11.0 Å². The van der Waals surface area contributed by atoms with Crippen LogP contribution >= 0.6 is 27.3 Å². The van der Waals surface area contributed by atoms with Crippen molar-refractivity contribution in [1.82, 2.24) is 4.31 Å². The van der Waals surface area contributed by atoms with Crippen molar-refractivity contribution in [2.75, 3.05) is 13.2 Å². The van der Waals surface area contributed by atoms with Gasteiger partial charge in [-0.3, -0.25) is 0 Å². The molecule has 7 heteroatoms. The van der Waals surface area contributed by atoms with Gasteiger partial charge in [-0.15, -0.1) is 11.3 Å². The zero-order valence-electron chi connectivity index (χ0n) is 13.4. The van der Waals surface area contributed by atoms with Crippen molar-refractivity contribution < 1.29 is 13.2 Å². The highest BCUT2D eigenvalue weighted by molar-refractivity contribution is 9.10. The Hall–Kier alpha value is -0.730. The van der Waals surface area contributed by atoms with Crippen LogP contribution in [0.1, 0.15) is 23.3 Å². The molecule has 1 aliphatic rings. The van der Waals surface area contributed by atoms with Crippen LogP contribution in [0.25, 0.3) is 0 Å². The van der Waals surface area contributed by atoms with Gasteiger partial charge in [-0.1, -0.05) is 22.0 Å². The number of aryl methyl sites for hydroxylation is 1. The van der Waals surface area contributed by atoms with Crippen LogP contribution in [-0.4, -0.2) is 32.0 Å². The number of hydrogen-bond acceptors (Lipinski definition) is 4. The highest BCUT2D eigenvalue weighted by Gasteiger charge is 2.29. The Morgan fingerprint density at radius 2 is 2.21 bits per heavy atom. The van der Waals surface area contributed by atoms with Crippen LogP contribution in [0.2, 0.25) is 0 Å². The summed E-state index contributed by atoms with van der Waals surface area (Å²) < 4.78 is 34.5. The Balaban J connectivity index is 1.90. The lowest BCUT2D eigenvalue weighted by Gasteiger charge is -2.24. The molecule has 1 aromatic heterocycles. The van der Waals surface area contributed by atoms with E-state index in [0.29, 0.717) is 18.0 Å². The van der Waals surface area contributed by atoms with Crippen molar-refractivity contribution in [2.45, 2.75) is 37.3 Å². The second-order valence-electron chi connectivity index (χ2n) is 5.92. The molecule has 24 heavy (non-hydrogen) atoms. The van der Waals surface area contributed by atoms with Crippen LogP contribution in [0.3, 0.4) is 0 Å². The standard InChI is InChI=1S/C17H20BrNO3S2/c1-13-10-16(6-7-17(13)18)24(20,21)19(11-14-4-2-8-22-14)12-15-5-3-9-23-15/h3,5-7,9-10,14H,2,4,8,11-12H2,1H3. The molecule has 1 aromatic carbocycles. The third kappa shape index (κ3) is 4.08. The Kier molecular flexibility index (Phi) is 5.77. The summed E-state index contributed by atoms with van der Waals surface area (Å²) in [5, 5.41) is 1.97. The molecule has 0 aliphatic carbocycles. The number of ether oxygens (including phenoxy) is 1. The van der Waals surface area contributed by atoms with E-state index in [0.717, 1.165) is 34.4 Å². The van der Waals surface area contributed by atoms with Gasteiger partial charge in [-0.2, -0.15) is 4.31 Å². The van der Waals surface area contributed by atoms with Crippen molar-refractivity contribution in [3.05, 3.63) is 50.6 Å². The number of rotatable bonds is 6. The van der Waals surface area contributed by atoms with Gasteiger partial charge in [0.1, 0.15) is 0 Å². The molecule has 0 spiro atoms. The lowest BCUT2D eigenvalue weighted by Crippen LogP contribution is -2.36. The van der Waals surface area contributed by atoms with Crippen LogP contribution in [0.5, 0.6) is 0 Å². The molecule has 3 rings (SSSR count). The molecule has 1 saturated heterocycles. The number of benzene rings is 1. The van der Waals surface area contributed by atoms with Crippen LogP contribution < -0.4 is 0 Å². The van der Waals surface area contributed by atoms with E-state index in [-0.39, 0.29) is 6.10 Å². The van der Waals surface area contributed by atoms with E-state index in [2.05, 4.69) is 15.9 Å². The minimum atomic E-state index is -3.56. The molecule has 1 fully saturated rings. The summed E-state index contributed by atoms with van der Waals surface area (Å²) in [6.45, 7) is 3.39. The molecular formula is C17H20BrNO3S2. The maximum Gasteiger partial charge on any atom is 0.243 e. The maximum atomic E-state index is 13.2. The summed E-state index contributed by atoms with van der Waals surface area (Å²) in [5.74, 6) is 0. The molecule has 1 unspecified atom stereocenters. The minimum absolute atomic E-state index is 0.0173. The van der Waals surface area contributed by atoms with Crippen molar-refractivity contribution in [2.24, 2.45) is 0 Å². The molecule has 4 nitrogen and oxygen atoms in total. The fourth-order valence-corrected chi connectivity index (χ4v) is 5.35. The molecule has 0 amide bonds. The minimum Gasteiger partial charge on any atom is -0.377 e. The first-order valence-electron chi connectivity index (χ1n) is 7.87. The molecule has 0 bridgehead atoms. The monoisotopic (exact) mass is 429 g/mol. The summed E-state index contributed by atoms with van der Waals surface area (Å²) in [4.78, 5) is 1.36. The number of nitrogens with zero attached hydrogens (tertiary/aromatic N) is 1. The lowest BCUT2D eigenvalue weighted by molar-refractivity contribution is 0.0927. The smallest absolute Gasteiger partial charge is 0.243 e. The predicted molar refractivity (Wildman–Crippen MR) is 99.8 cm³/mol. The van der Waals surface area contributed by atoms with E-state index in [1.165, 1.54) is 0 Å². The topological polar surface area (TPSA) is 46.6 Å². The predicted octanol–water partition coefficient (Wildman–Crippen LogP) is 4.19. The molecule has 0 saturated carbocycles. The number of hydrogen-bond donors (Lipinski definition) is 0. The van der Waals surface area contributed by atoms with E-state index < -0.39 is 10.0 Å². The highest BCUT2D eigenvalue weighted by atomic mass is 79.9. The summed E-state index contributed by atoms with van der Waals surface area (Å²) in [5.41, 5.74) is 0.907. The molecule has 0 N–H and O–H groups in total. The number of halogens is 1. The third-order valence-electron chi connectivity index (χ3n) is 4.11. The molecule has 1 aliphatic heterocycles. The van der Waals surface area contributed by atoms with Gasteiger partial charge in [0.2, 0.25) is 10.0 Å². The van der Waals surface area contributed by atoms with Gasteiger partial charge in [-0.05, 0) is 55.0 Å². The first-order valence-corrected chi connectivity index (χ1v) is 11.0. The second-order valence-corrected chi connectivity index (χ2v) is 9.75. The van der Waals surface area contributed by atoms with E-state index in [4.69, 9.17) is 4.74 Å². The summed E-state index contributed by atoms with van der Waals surface area (Å²) >= 11 is 5.00. The lowest BCUT2D eigenvalue weighted by atomic mass is 10.2. The number of thiophene rings is 1. The molecule has 130 valence electrons. The average molecular weight is 430 g/mol. The molecule has 2 aromatic rings. The Labute approximate surface area is 155 Å². The van der Waals surface area contributed by atoms with Gasteiger partial charge in [0.25, 0.3) is 0 Å². The SMILES string of the molecule is Cc1cc(S(=O)(=O)N(Cc2cccs2)CC2CCCO2)ccc1Br.